The van der Waals surface area contributed by atoms with Gasteiger partial charge in [0.25, 0.3) is 0 Å². The molecule has 7 nitrogen and oxygen atoms in total. The Morgan fingerprint density at radius 1 is 1.19 bits per heavy atom. The number of carbonyl (C=O) groups excluding carboxylic acids is 2. The summed E-state index contributed by atoms with van der Waals surface area (Å²) in [7, 11) is 0. The van der Waals surface area contributed by atoms with Crippen molar-refractivity contribution in [2.24, 2.45) is 11.8 Å². The molecule has 1 aliphatic rings. The predicted molar refractivity (Wildman–Crippen MR) is 125 cm³/mol. The highest BCUT2D eigenvalue weighted by molar-refractivity contribution is 6.30. The summed E-state index contributed by atoms with van der Waals surface area (Å²) in [4.78, 5) is 36.6. The fourth-order valence-corrected chi connectivity index (χ4v) is 4.43. The van der Waals surface area contributed by atoms with E-state index in [2.05, 4.69) is 23.8 Å². The molecular formula is C24H31ClN4O3. The van der Waals surface area contributed by atoms with Crippen LogP contribution in [-0.2, 0) is 4.79 Å². The molecule has 1 saturated heterocycles. The van der Waals surface area contributed by atoms with Crippen LogP contribution in [0.3, 0.4) is 0 Å². The van der Waals surface area contributed by atoms with Crippen molar-refractivity contribution < 1.29 is 14.3 Å². The maximum atomic E-state index is 12.7. The van der Waals surface area contributed by atoms with E-state index in [0.29, 0.717) is 41.2 Å². The fraction of sp³-hybridized carbons (Fsp3) is 0.500. The Kier molecular flexibility index (Phi) is 8.07. The van der Waals surface area contributed by atoms with E-state index in [0.717, 1.165) is 31.4 Å². The van der Waals surface area contributed by atoms with E-state index in [9.17, 15) is 9.59 Å². The monoisotopic (exact) mass is 458 g/mol. The van der Waals surface area contributed by atoms with E-state index in [1.165, 1.54) is 6.33 Å². The molecule has 0 radical (unpaired) electrons. The molecule has 1 atom stereocenters. The van der Waals surface area contributed by atoms with E-state index in [4.69, 9.17) is 16.3 Å². The van der Waals surface area contributed by atoms with Crippen LogP contribution in [0.15, 0.2) is 30.6 Å². The number of nitrogens with zero attached hydrogens (tertiary/aromatic N) is 4. The number of likely N-dealkylation sites (tertiary alicyclic amines) is 1. The molecule has 1 fully saturated rings. The van der Waals surface area contributed by atoms with Gasteiger partial charge >= 0.3 is 6.09 Å². The molecule has 2 heterocycles. The summed E-state index contributed by atoms with van der Waals surface area (Å²) in [6.07, 6.45) is 4.48. The quantitative estimate of drug-likeness (QED) is 0.543. The first-order valence-electron chi connectivity index (χ1n) is 11.0. The van der Waals surface area contributed by atoms with E-state index in [1.807, 2.05) is 17.0 Å². The number of rotatable bonds is 7. The Hall–Kier alpha value is -2.67. The number of aromatic nitrogens is 2. The molecular weight excluding hydrogens is 428 g/mol. The molecule has 1 aliphatic heterocycles. The highest BCUT2D eigenvalue weighted by atomic mass is 35.5. The smallest absolute Gasteiger partial charge is 0.406 e. The zero-order chi connectivity index (χ0) is 23.3. The Morgan fingerprint density at radius 2 is 1.78 bits per heavy atom. The molecule has 0 bridgehead atoms. The summed E-state index contributed by atoms with van der Waals surface area (Å²) in [6.45, 7) is 9.08. The first-order valence-corrected chi connectivity index (χ1v) is 11.4. The lowest BCUT2D eigenvalue weighted by molar-refractivity contribution is -0.108. The second kappa shape index (κ2) is 10.8. The van der Waals surface area contributed by atoms with Crippen LogP contribution in [0.2, 0.25) is 5.02 Å². The van der Waals surface area contributed by atoms with Gasteiger partial charge in [-0.1, -0.05) is 25.4 Å². The van der Waals surface area contributed by atoms with Crippen LogP contribution < -0.4 is 9.64 Å². The summed E-state index contributed by atoms with van der Waals surface area (Å²) in [5.41, 5.74) is 2.12. The van der Waals surface area contributed by atoms with E-state index < -0.39 is 0 Å². The van der Waals surface area contributed by atoms with Crippen molar-refractivity contribution in [3.05, 3.63) is 47.0 Å². The molecule has 32 heavy (non-hydrogen) atoms. The average Bonchev–Trinajstić information content (AvgIpc) is 2.77. The maximum absolute atomic E-state index is 12.7. The number of carbonyl (C=O) groups is 2. The lowest BCUT2D eigenvalue weighted by atomic mass is 9.84. The second-order valence-corrected chi connectivity index (χ2v) is 9.19. The number of hydrogen-bond donors (Lipinski definition) is 0. The molecule has 3 rings (SSSR count). The van der Waals surface area contributed by atoms with Crippen molar-refractivity contribution in [3.63, 3.8) is 0 Å². The molecule has 2 aromatic rings. The average molecular weight is 459 g/mol. The molecule has 172 valence electrons. The lowest BCUT2D eigenvalue weighted by Crippen LogP contribution is -2.48. The van der Waals surface area contributed by atoms with Gasteiger partial charge in [-0.2, -0.15) is 0 Å². The molecule has 1 unspecified atom stereocenters. The summed E-state index contributed by atoms with van der Waals surface area (Å²) in [6, 6.07) is 7.41. The Balaban J connectivity index is 1.69. The third kappa shape index (κ3) is 5.76. The van der Waals surface area contributed by atoms with Gasteiger partial charge in [-0.3, -0.25) is 4.79 Å². The predicted octanol–water partition coefficient (Wildman–Crippen LogP) is 5.04. The van der Waals surface area contributed by atoms with Gasteiger partial charge in [0.2, 0.25) is 6.41 Å². The number of ether oxygens (including phenoxy) is 1. The van der Waals surface area contributed by atoms with Crippen LogP contribution in [0, 0.1) is 25.7 Å². The SMILES string of the molecule is Cc1ncnc(C)c1OC(=O)N1CCC(C(CC(C)C)N(C=O)c2ccc(Cl)cc2)CC1. The molecule has 0 spiro atoms. The van der Waals surface area contributed by atoms with Gasteiger partial charge in [-0.05, 0) is 69.2 Å². The van der Waals surface area contributed by atoms with Crippen molar-refractivity contribution in [1.82, 2.24) is 14.9 Å². The minimum absolute atomic E-state index is 0.0545. The van der Waals surface area contributed by atoms with Crippen molar-refractivity contribution in [3.8, 4) is 5.75 Å². The van der Waals surface area contributed by atoms with E-state index in [1.54, 1.807) is 30.9 Å². The first kappa shape index (κ1) is 24.0. The van der Waals surface area contributed by atoms with Crippen LogP contribution in [0.1, 0.15) is 44.5 Å². The summed E-state index contributed by atoms with van der Waals surface area (Å²) in [5, 5.41) is 0.640. The third-order valence-corrected chi connectivity index (χ3v) is 6.25. The Labute approximate surface area is 194 Å². The minimum Gasteiger partial charge on any atom is -0.406 e. The van der Waals surface area contributed by atoms with Crippen molar-refractivity contribution in [2.45, 2.75) is 53.0 Å². The number of amides is 2. The largest absolute Gasteiger partial charge is 0.415 e. The summed E-state index contributed by atoms with van der Waals surface area (Å²) < 4.78 is 5.61. The molecule has 8 heteroatoms. The van der Waals surface area contributed by atoms with Crippen LogP contribution in [0.5, 0.6) is 5.75 Å². The topological polar surface area (TPSA) is 75.6 Å². The number of anilines is 1. The minimum atomic E-state index is -0.380. The molecule has 1 aromatic carbocycles. The van der Waals surface area contributed by atoms with Gasteiger partial charge in [-0.15, -0.1) is 0 Å². The molecule has 1 aromatic heterocycles. The second-order valence-electron chi connectivity index (χ2n) is 8.75. The zero-order valence-electron chi connectivity index (χ0n) is 19.1. The van der Waals surface area contributed by atoms with Gasteiger partial charge < -0.3 is 14.5 Å². The standard InChI is InChI=1S/C24H31ClN4O3/c1-16(2)13-22(29(15-30)21-7-5-20(25)6-8-21)19-9-11-28(12-10-19)24(31)32-23-17(3)26-14-27-18(23)4/h5-8,14-16,19,22H,9-13H2,1-4H3. The van der Waals surface area contributed by atoms with Gasteiger partial charge in [-0.25, -0.2) is 14.8 Å². The number of aryl methyl sites for hydroxylation is 2. The van der Waals surface area contributed by atoms with Crippen molar-refractivity contribution in [1.29, 1.82) is 0 Å². The summed E-state index contributed by atoms with van der Waals surface area (Å²) >= 11 is 6.03. The lowest BCUT2D eigenvalue weighted by Gasteiger charge is -2.40. The number of halogens is 1. The molecule has 0 aliphatic carbocycles. The Morgan fingerprint density at radius 3 is 2.31 bits per heavy atom. The number of hydrogen-bond acceptors (Lipinski definition) is 5. The van der Waals surface area contributed by atoms with E-state index in [-0.39, 0.29) is 18.1 Å². The van der Waals surface area contributed by atoms with Crippen LogP contribution in [0.25, 0.3) is 0 Å². The van der Waals surface area contributed by atoms with Gasteiger partial charge in [0.15, 0.2) is 5.75 Å². The van der Waals surface area contributed by atoms with E-state index >= 15 is 0 Å². The van der Waals surface area contributed by atoms with Gasteiger partial charge in [0.05, 0.1) is 11.4 Å². The normalized spacial score (nSPS) is 15.5. The van der Waals surface area contributed by atoms with Gasteiger partial charge in [0.1, 0.15) is 6.33 Å². The van der Waals surface area contributed by atoms with Gasteiger partial charge in [0, 0.05) is 29.8 Å². The fourth-order valence-electron chi connectivity index (χ4n) is 4.31. The summed E-state index contributed by atoms with van der Waals surface area (Å²) in [5.74, 6) is 1.14. The Bertz CT molecular complexity index is 907. The highest BCUT2D eigenvalue weighted by Gasteiger charge is 2.33. The van der Waals surface area contributed by atoms with Crippen LogP contribution in [-0.4, -0.2) is 46.5 Å². The third-order valence-electron chi connectivity index (χ3n) is 6.00. The van der Waals surface area contributed by atoms with Crippen LogP contribution in [0.4, 0.5) is 10.5 Å². The number of piperidine rings is 1. The van der Waals surface area contributed by atoms with Crippen LogP contribution >= 0.6 is 11.6 Å². The zero-order valence-corrected chi connectivity index (χ0v) is 19.9. The molecule has 2 amide bonds. The first-order chi connectivity index (χ1) is 15.3. The molecule has 0 saturated carbocycles. The van der Waals surface area contributed by atoms with Crippen molar-refractivity contribution in [2.75, 3.05) is 18.0 Å². The number of benzene rings is 1. The maximum Gasteiger partial charge on any atom is 0.415 e. The van der Waals surface area contributed by atoms with Crippen molar-refractivity contribution >= 4 is 29.8 Å². The molecule has 0 N–H and O–H groups in total. The highest BCUT2D eigenvalue weighted by Crippen LogP contribution is 2.32.